The second-order valence-corrected chi connectivity index (χ2v) is 7.18. The lowest BCUT2D eigenvalue weighted by molar-refractivity contribution is -0.120. The summed E-state index contributed by atoms with van der Waals surface area (Å²) >= 11 is 1.80. The highest BCUT2D eigenvalue weighted by Gasteiger charge is 2.48. The van der Waals surface area contributed by atoms with Crippen molar-refractivity contribution in [3.63, 3.8) is 0 Å². The molecule has 2 aliphatic carbocycles. The number of amides is 1. The molecule has 20 heavy (non-hydrogen) atoms. The molecule has 0 spiro atoms. The van der Waals surface area contributed by atoms with E-state index in [-0.39, 0.29) is 11.8 Å². The van der Waals surface area contributed by atoms with Gasteiger partial charge in [0.15, 0.2) is 0 Å². The van der Waals surface area contributed by atoms with Gasteiger partial charge in [-0.1, -0.05) is 6.92 Å². The Morgan fingerprint density at radius 1 is 1.35 bits per heavy atom. The molecule has 1 aromatic rings. The molecule has 3 N–H and O–H groups in total. The molecular formula is C16H22N2OS. The highest BCUT2D eigenvalue weighted by Crippen LogP contribution is 2.54. The maximum Gasteiger partial charge on any atom is 0.227 e. The van der Waals surface area contributed by atoms with Crippen molar-refractivity contribution in [3.8, 4) is 0 Å². The lowest BCUT2D eigenvalue weighted by atomic mass is 10.0. The Labute approximate surface area is 124 Å². The van der Waals surface area contributed by atoms with Crippen LogP contribution in [0.3, 0.4) is 0 Å². The van der Waals surface area contributed by atoms with Gasteiger partial charge in [-0.25, -0.2) is 0 Å². The number of hydrogen-bond acceptors (Lipinski definition) is 3. The molecule has 4 heteroatoms. The number of fused-ring (bicyclic) bond motifs is 1. The topological polar surface area (TPSA) is 55.1 Å². The van der Waals surface area contributed by atoms with E-state index in [1.807, 2.05) is 18.2 Å². The van der Waals surface area contributed by atoms with E-state index in [0.29, 0.717) is 5.69 Å². The first kappa shape index (κ1) is 13.8. The maximum absolute atomic E-state index is 12.3. The van der Waals surface area contributed by atoms with Gasteiger partial charge in [0.2, 0.25) is 5.91 Å². The molecule has 1 amide bonds. The van der Waals surface area contributed by atoms with Gasteiger partial charge in [-0.3, -0.25) is 4.79 Å². The van der Waals surface area contributed by atoms with E-state index >= 15 is 0 Å². The van der Waals surface area contributed by atoms with Crippen LogP contribution in [-0.4, -0.2) is 11.7 Å². The van der Waals surface area contributed by atoms with Crippen molar-refractivity contribution in [2.45, 2.75) is 37.5 Å². The van der Waals surface area contributed by atoms with Gasteiger partial charge in [-0.2, -0.15) is 0 Å². The summed E-state index contributed by atoms with van der Waals surface area (Å²) in [5, 5.41) is 3.03. The normalized spacial score (nSPS) is 27.1. The van der Waals surface area contributed by atoms with Crippen LogP contribution in [0.2, 0.25) is 0 Å². The molecule has 0 saturated heterocycles. The van der Waals surface area contributed by atoms with Crippen LogP contribution >= 0.6 is 11.8 Å². The summed E-state index contributed by atoms with van der Waals surface area (Å²) in [6, 6.07) is 5.92. The van der Waals surface area contributed by atoms with Crippen LogP contribution in [0.4, 0.5) is 11.4 Å². The lowest BCUT2D eigenvalue weighted by Gasteiger charge is -2.14. The summed E-state index contributed by atoms with van der Waals surface area (Å²) in [5.74, 6) is 3.10. The van der Waals surface area contributed by atoms with Gasteiger partial charge >= 0.3 is 0 Å². The van der Waals surface area contributed by atoms with E-state index < -0.39 is 0 Å². The van der Waals surface area contributed by atoms with Crippen molar-refractivity contribution < 1.29 is 4.79 Å². The second kappa shape index (κ2) is 5.68. The molecule has 2 atom stereocenters. The summed E-state index contributed by atoms with van der Waals surface area (Å²) in [6.45, 7) is 2.17. The third-order valence-electron chi connectivity index (χ3n) is 4.37. The third-order valence-corrected chi connectivity index (χ3v) is 5.57. The molecule has 0 heterocycles. The SMILES string of the molecule is CCCSc1ccc(N)c(NC(=O)C2CC3CC3C2)c1. The molecule has 2 saturated carbocycles. The Hall–Kier alpha value is -1.16. The van der Waals surface area contributed by atoms with E-state index in [2.05, 4.69) is 12.2 Å². The molecule has 0 aliphatic heterocycles. The smallest absolute Gasteiger partial charge is 0.227 e. The second-order valence-electron chi connectivity index (χ2n) is 6.01. The van der Waals surface area contributed by atoms with E-state index in [0.717, 1.165) is 42.5 Å². The summed E-state index contributed by atoms with van der Waals surface area (Å²) in [7, 11) is 0. The van der Waals surface area contributed by atoms with Gasteiger partial charge < -0.3 is 11.1 Å². The predicted octanol–water partition coefficient (Wildman–Crippen LogP) is 3.76. The average Bonchev–Trinajstić information content (AvgIpc) is 3.06. The van der Waals surface area contributed by atoms with Crippen LogP contribution < -0.4 is 11.1 Å². The fraction of sp³-hybridized carbons (Fsp3) is 0.562. The van der Waals surface area contributed by atoms with Gasteiger partial charge in [0.25, 0.3) is 0 Å². The number of nitrogen functional groups attached to an aromatic ring is 1. The molecule has 0 radical (unpaired) electrons. The molecule has 3 nitrogen and oxygen atoms in total. The Kier molecular flexibility index (Phi) is 3.92. The minimum atomic E-state index is 0.154. The Balaban J connectivity index is 1.64. The Morgan fingerprint density at radius 2 is 2.10 bits per heavy atom. The van der Waals surface area contributed by atoms with Crippen LogP contribution in [0, 0.1) is 17.8 Å². The number of carbonyl (C=O) groups is 1. The van der Waals surface area contributed by atoms with E-state index in [1.54, 1.807) is 11.8 Å². The van der Waals surface area contributed by atoms with Crippen LogP contribution in [0.1, 0.15) is 32.6 Å². The number of nitrogens with two attached hydrogens (primary N) is 1. The molecule has 0 bridgehead atoms. The number of rotatable bonds is 5. The average molecular weight is 290 g/mol. The molecule has 2 unspecified atom stereocenters. The summed E-state index contributed by atoms with van der Waals surface area (Å²) in [4.78, 5) is 13.5. The van der Waals surface area contributed by atoms with Crippen LogP contribution in [0.5, 0.6) is 0 Å². The zero-order valence-electron chi connectivity index (χ0n) is 11.9. The van der Waals surface area contributed by atoms with E-state index in [4.69, 9.17) is 5.73 Å². The highest BCUT2D eigenvalue weighted by atomic mass is 32.2. The van der Waals surface area contributed by atoms with Crippen molar-refractivity contribution in [3.05, 3.63) is 18.2 Å². The first-order valence-corrected chi connectivity index (χ1v) is 8.49. The summed E-state index contributed by atoms with van der Waals surface area (Å²) in [6.07, 6.45) is 4.62. The van der Waals surface area contributed by atoms with Crippen molar-refractivity contribution in [1.82, 2.24) is 0 Å². The molecule has 2 fully saturated rings. The van der Waals surface area contributed by atoms with Crippen molar-refractivity contribution in [1.29, 1.82) is 0 Å². The van der Waals surface area contributed by atoms with Crippen LogP contribution in [0.25, 0.3) is 0 Å². The monoisotopic (exact) mass is 290 g/mol. The molecule has 1 aromatic carbocycles. The fourth-order valence-corrected chi connectivity index (χ4v) is 3.92. The maximum atomic E-state index is 12.3. The summed E-state index contributed by atoms with van der Waals surface area (Å²) in [5.41, 5.74) is 7.41. The zero-order chi connectivity index (χ0) is 14.1. The molecule has 0 aromatic heterocycles. The van der Waals surface area contributed by atoms with Gasteiger partial charge in [0, 0.05) is 10.8 Å². The molecular weight excluding hydrogens is 268 g/mol. The largest absolute Gasteiger partial charge is 0.397 e. The molecule has 2 aliphatic rings. The van der Waals surface area contributed by atoms with Crippen LogP contribution in [-0.2, 0) is 4.79 Å². The first-order valence-electron chi connectivity index (χ1n) is 7.50. The summed E-state index contributed by atoms with van der Waals surface area (Å²) < 4.78 is 0. The van der Waals surface area contributed by atoms with E-state index in [9.17, 15) is 4.79 Å². The minimum Gasteiger partial charge on any atom is -0.397 e. The van der Waals surface area contributed by atoms with Gasteiger partial charge in [0.1, 0.15) is 0 Å². The van der Waals surface area contributed by atoms with Gasteiger partial charge in [-0.15, -0.1) is 11.8 Å². The zero-order valence-corrected chi connectivity index (χ0v) is 12.7. The first-order chi connectivity index (χ1) is 9.67. The number of benzene rings is 1. The lowest BCUT2D eigenvalue weighted by Crippen LogP contribution is -2.22. The number of hydrogen-bond donors (Lipinski definition) is 2. The fourth-order valence-electron chi connectivity index (χ4n) is 3.12. The number of carbonyl (C=O) groups excluding carboxylic acids is 1. The highest BCUT2D eigenvalue weighted by molar-refractivity contribution is 7.99. The van der Waals surface area contributed by atoms with Gasteiger partial charge in [-0.05, 0) is 61.5 Å². The number of anilines is 2. The standard InChI is InChI=1S/C16H22N2OS/c1-2-5-20-13-3-4-14(17)15(9-13)18-16(19)12-7-10-6-11(10)8-12/h3-4,9-12H,2,5-8,17H2,1H3,(H,18,19). The molecule has 108 valence electrons. The van der Waals surface area contributed by atoms with Crippen molar-refractivity contribution in [2.75, 3.05) is 16.8 Å². The quantitative estimate of drug-likeness (QED) is 0.641. The van der Waals surface area contributed by atoms with Gasteiger partial charge in [0.05, 0.1) is 11.4 Å². The minimum absolute atomic E-state index is 0.154. The Bertz CT molecular complexity index is 507. The van der Waals surface area contributed by atoms with Crippen LogP contribution in [0.15, 0.2) is 23.1 Å². The van der Waals surface area contributed by atoms with Crippen molar-refractivity contribution in [2.24, 2.45) is 17.8 Å². The van der Waals surface area contributed by atoms with E-state index in [1.165, 1.54) is 11.3 Å². The number of thioether (sulfide) groups is 1. The molecule has 3 rings (SSSR count). The Morgan fingerprint density at radius 3 is 2.80 bits per heavy atom. The third kappa shape index (κ3) is 2.95. The number of nitrogens with one attached hydrogen (secondary N) is 1. The predicted molar refractivity (Wildman–Crippen MR) is 84.8 cm³/mol. The van der Waals surface area contributed by atoms with Crippen molar-refractivity contribution >= 4 is 29.0 Å².